The van der Waals surface area contributed by atoms with E-state index in [9.17, 15) is 4.79 Å². The molecule has 0 saturated carbocycles. The zero-order valence-corrected chi connectivity index (χ0v) is 12.4. The van der Waals surface area contributed by atoms with Crippen molar-refractivity contribution in [2.75, 3.05) is 13.2 Å². The molecule has 0 spiro atoms. The molecule has 1 heterocycles. The molecule has 1 saturated heterocycles. The molecule has 1 aliphatic heterocycles. The van der Waals surface area contributed by atoms with Crippen LogP contribution < -0.4 is 0 Å². The van der Waals surface area contributed by atoms with Gasteiger partial charge in [-0.15, -0.1) is 6.58 Å². The van der Waals surface area contributed by atoms with Gasteiger partial charge in [0.25, 0.3) is 0 Å². The van der Waals surface area contributed by atoms with Gasteiger partial charge in [-0.2, -0.15) is 0 Å². The Bertz CT molecular complexity index is 303. The minimum atomic E-state index is -0.461. The summed E-state index contributed by atoms with van der Waals surface area (Å²) < 4.78 is 16.7. The molecule has 1 fully saturated rings. The highest BCUT2D eigenvalue weighted by Crippen LogP contribution is 2.35. The summed E-state index contributed by atoms with van der Waals surface area (Å²) in [4.78, 5) is 11.1. The fraction of sp³-hybridized carbons (Fsp3) is 0.800. The van der Waals surface area contributed by atoms with Gasteiger partial charge >= 0.3 is 5.97 Å². The van der Waals surface area contributed by atoms with Crippen LogP contribution in [0.3, 0.4) is 0 Å². The van der Waals surface area contributed by atoms with E-state index >= 15 is 0 Å². The van der Waals surface area contributed by atoms with Crippen LogP contribution in [-0.4, -0.2) is 31.6 Å². The molecule has 0 radical (unpaired) electrons. The number of hydrogen-bond donors (Lipinski definition) is 0. The van der Waals surface area contributed by atoms with Crippen LogP contribution >= 0.6 is 0 Å². The summed E-state index contributed by atoms with van der Waals surface area (Å²) in [5.41, 5.74) is 0. The third kappa shape index (κ3) is 4.62. The summed E-state index contributed by atoms with van der Waals surface area (Å²) in [6.45, 7) is 12.6. The van der Waals surface area contributed by atoms with Gasteiger partial charge < -0.3 is 14.2 Å². The van der Waals surface area contributed by atoms with Gasteiger partial charge in [-0.1, -0.05) is 26.8 Å². The van der Waals surface area contributed by atoms with E-state index < -0.39 is 6.29 Å². The first-order valence-electron chi connectivity index (χ1n) is 6.98. The molecular weight excluding hydrogens is 244 g/mol. The number of carbonyl (C=O) groups excluding carboxylic acids is 1. The summed E-state index contributed by atoms with van der Waals surface area (Å²) in [6.07, 6.45) is 2.18. The average molecular weight is 270 g/mol. The Kier molecular flexibility index (Phi) is 6.52. The largest absolute Gasteiger partial charge is 0.436 e. The lowest BCUT2D eigenvalue weighted by Gasteiger charge is -2.42. The minimum absolute atomic E-state index is 0.0274. The van der Waals surface area contributed by atoms with Crippen LogP contribution in [0.2, 0.25) is 0 Å². The van der Waals surface area contributed by atoms with Crippen LogP contribution in [0.5, 0.6) is 0 Å². The first kappa shape index (κ1) is 16.2. The van der Waals surface area contributed by atoms with E-state index in [1.807, 2.05) is 6.08 Å². The molecule has 0 aliphatic carbocycles. The summed E-state index contributed by atoms with van der Waals surface area (Å²) in [6, 6.07) is 0. The van der Waals surface area contributed by atoms with Crippen molar-refractivity contribution < 1.29 is 19.0 Å². The lowest BCUT2D eigenvalue weighted by atomic mass is 9.79. The highest BCUT2D eigenvalue weighted by Gasteiger charge is 2.40. The fourth-order valence-electron chi connectivity index (χ4n) is 2.34. The third-order valence-corrected chi connectivity index (χ3v) is 4.01. The smallest absolute Gasteiger partial charge is 0.304 e. The monoisotopic (exact) mass is 270 g/mol. The zero-order valence-electron chi connectivity index (χ0n) is 12.4. The van der Waals surface area contributed by atoms with E-state index in [4.69, 9.17) is 14.2 Å². The molecule has 0 bridgehead atoms. The summed E-state index contributed by atoms with van der Waals surface area (Å²) in [5.74, 6) is 0.699. The van der Waals surface area contributed by atoms with Gasteiger partial charge in [-0.3, -0.25) is 4.79 Å². The summed E-state index contributed by atoms with van der Waals surface area (Å²) in [5, 5.41) is 0. The van der Waals surface area contributed by atoms with E-state index in [1.54, 1.807) is 0 Å². The predicted octanol–water partition coefficient (Wildman–Crippen LogP) is 2.78. The number of carbonyl (C=O) groups is 1. The number of rotatable bonds is 6. The van der Waals surface area contributed by atoms with Gasteiger partial charge in [0.15, 0.2) is 0 Å². The molecule has 4 nitrogen and oxygen atoms in total. The normalized spacial score (nSPS) is 34.8. The molecule has 0 aromatic carbocycles. The van der Waals surface area contributed by atoms with Crippen molar-refractivity contribution in [1.29, 1.82) is 0 Å². The first-order valence-corrected chi connectivity index (χ1v) is 6.98. The van der Waals surface area contributed by atoms with Crippen molar-refractivity contribution >= 4 is 5.97 Å². The molecule has 5 atom stereocenters. The van der Waals surface area contributed by atoms with Crippen LogP contribution in [0.25, 0.3) is 0 Å². The Morgan fingerprint density at radius 3 is 2.53 bits per heavy atom. The predicted molar refractivity (Wildman–Crippen MR) is 73.6 cm³/mol. The molecule has 1 aliphatic rings. The van der Waals surface area contributed by atoms with Crippen molar-refractivity contribution in [3.63, 3.8) is 0 Å². The molecule has 2 unspecified atom stereocenters. The van der Waals surface area contributed by atoms with E-state index in [0.29, 0.717) is 25.0 Å². The molecule has 0 N–H and O–H groups in total. The molecule has 0 aromatic heterocycles. The topological polar surface area (TPSA) is 44.8 Å². The molecule has 0 aromatic rings. The maximum atomic E-state index is 11.1. The molecule has 0 amide bonds. The second kappa shape index (κ2) is 7.65. The minimum Gasteiger partial charge on any atom is -0.436 e. The van der Waals surface area contributed by atoms with Gasteiger partial charge in [0.1, 0.15) is 0 Å². The van der Waals surface area contributed by atoms with Gasteiger partial charge in [0, 0.05) is 12.8 Å². The van der Waals surface area contributed by atoms with Gasteiger partial charge in [-0.05, 0) is 18.3 Å². The maximum absolute atomic E-state index is 11.1. The van der Waals surface area contributed by atoms with E-state index in [2.05, 4.69) is 27.4 Å². The number of hydrogen-bond acceptors (Lipinski definition) is 4. The fourth-order valence-corrected chi connectivity index (χ4v) is 2.34. The highest BCUT2D eigenvalue weighted by atomic mass is 16.7. The summed E-state index contributed by atoms with van der Waals surface area (Å²) >= 11 is 0. The quantitative estimate of drug-likeness (QED) is 0.423. The Morgan fingerprint density at radius 1 is 1.26 bits per heavy atom. The van der Waals surface area contributed by atoms with Gasteiger partial charge in [0.05, 0.1) is 19.3 Å². The van der Waals surface area contributed by atoms with Crippen molar-refractivity contribution in [3.05, 3.63) is 12.7 Å². The third-order valence-electron chi connectivity index (χ3n) is 4.01. The summed E-state index contributed by atoms with van der Waals surface area (Å²) in [7, 11) is 0. The molecule has 4 heteroatoms. The second-order valence-electron chi connectivity index (χ2n) is 5.38. The van der Waals surface area contributed by atoms with Crippen molar-refractivity contribution in [2.45, 2.75) is 46.5 Å². The van der Waals surface area contributed by atoms with Gasteiger partial charge in [-0.25, -0.2) is 0 Å². The first-order chi connectivity index (χ1) is 8.97. The highest BCUT2D eigenvalue weighted by molar-refractivity contribution is 5.66. The standard InChI is InChI=1S/C15H26O4/c1-6-7-8-17-9-14-11(3)10(2)12(4)15(19-14)18-13(5)16/h6,10-12,14-15H,1,7-9H2,2-5H3/t10-,11+,12?,14?,15-/m0/s1. The number of esters is 1. The van der Waals surface area contributed by atoms with E-state index in [-0.39, 0.29) is 18.0 Å². The Balaban J connectivity index is 2.54. The Hall–Kier alpha value is -0.870. The van der Waals surface area contributed by atoms with Crippen molar-refractivity contribution in [3.8, 4) is 0 Å². The van der Waals surface area contributed by atoms with Crippen molar-refractivity contribution in [1.82, 2.24) is 0 Å². The number of ether oxygens (including phenoxy) is 3. The van der Waals surface area contributed by atoms with Crippen LogP contribution in [-0.2, 0) is 19.0 Å². The van der Waals surface area contributed by atoms with Crippen LogP contribution in [0.15, 0.2) is 12.7 Å². The molecular formula is C15H26O4. The SMILES string of the molecule is C=CCCOCC1O[C@H](OC(C)=O)C(C)[C@@H](C)[C@H]1C. The van der Waals surface area contributed by atoms with E-state index in [1.165, 1.54) is 6.92 Å². The van der Waals surface area contributed by atoms with Crippen LogP contribution in [0.4, 0.5) is 0 Å². The Labute approximate surface area is 116 Å². The lowest BCUT2D eigenvalue weighted by Crippen LogP contribution is -2.48. The molecule has 1 rings (SSSR count). The molecule has 110 valence electrons. The Morgan fingerprint density at radius 2 is 1.95 bits per heavy atom. The van der Waals surface area contributed by atoms with Gasteiger partial charge in [0.2, 0.25) is 6.29 Å². The lowest BCUT2D eigenvalue weighted by molar-refractivity contribution is -0.248. The molecule has 19 heavy (non-hydrogen) atoms. The maximum Gasteiger partial charge on any atom is 0.304 e. The average Bonchev–Trinajstić information content (AvgIpc) is 2.36. The van der Waals surface area contributed by atoms with E-state index in [0.717, 1.165) is 6.42 Å². The van der Waals surface area contributed by atoms with Crippen molar-refractivity contribution in [2.24, 2.45) is 17.8 Å². The van der Waals surface area contributed by atoms with Crippen LogP contribution in [0.1, 0.15) is 34.1 Å². The second-order valence-corrected chi connectivity index (χ2v) is 5.38. The van der Waals surface area contributed by atoms with Crippen LogP contribution in [0, 0.1) is 17.8 Å². The zero-order chi connectivity index (χ0) is 14.4.